The summed E-state index contributed by atoms with van der Waals surface area (Å²) in [6.45, 7) is 4.60. The van der Waals surface area contributed by atoms with Crippen LogP contribution in [0.1, 0.15) is 36.2 Å². The first-order valence-corrected chi connectivity index (χ1v) is 12.4. The summed E-state index contributed by atoms with van der Waals surface area (Å²) in [6, 6.07) is 15.8. The maximum absolute atomic E-state index is 13.9. The lowest BCUT2D eigenvalue weighted by molar-refractivity contribution is -0.157. The number of likely N-dealkylation sites (N-methyl/N-ethyl adjacent to an activating group) is 1. The van der Waals surface area contributed by atoms with Crippen LogP contribution in [0, 0.1) is 11.8 Å². The average molecular weight is 524 g/mol. The smallest absolute Gasteiger partial charge is 0.255 e. The molecule has 4 atom stereocenters. The number of halogens is 1. The molecule has 0 aliphatic carbocycles. The van der Waals surface area contributed by atoms with Crippen molar-refractivity contribution in [2.45, 2.75) is 38.4 Å². The first kappa shape index (κ1) is 22.8. The molecule has 8 heteroatoms. The number of piperazine rings is 1. The molecule has 2 aromatic rings. The van der Waals surface area contributed by atoms with Gasteiger partial charge in [0.2, 0.25) is 17.7 Å². The maximum Gasteiger partial charge on any atom is 0.255 e. The molecule has 5 rings (SSSR count). The molecular weight excluding hydrogens is 498 g/mol. The highest BCUT2D eigenvalue weighted by atomic mass is 79.9. The Bertz CT molecular complexity index is 1170. The van der Waals surface area contributed by atoms with Gasteiger partial charge in [0.15, 0.2) is 0 Å². The fraction of sp³-hybridized carbons (Fsp3) is 0.385. The summed E-state index contributed by atoms with van der Waals surface area (Å²) < 4.78 is 0.836. The minimum absolute atomic E-state index is 0.171. The summed E-state index contributed by atoms with van der Waals surface area (Å²) in [4.78, 5) is 59.7. The fourth-order valence-corrected chi connectivity index (χ4v) is 6.32. The molecule has 3 fully saturated rings. The van der Waals surface area contributed by atoms with Gasteiger partial charge in [0.05, 0.1) is 24.4 Å². The number of hydrogen-bond acceptors (Lipinski definition) is 4. The Morgan fingerprint density at radius 3 is 2.29 bits per heavy atom. The van der Waals surface area contributed by atoms with E-state index in [2.05, 4.69) is 15.9 Å². The number of likely N-dealkylation sites (tertiary alicyclic amines) is 2. The number of rotatable bonds is 5. The van der Waals surface area contributed by atoms with Gasteiger partial charge in [-0.05, 0) is 43.2 Å². The van der Waals surface area contributed by atoms with Crippen LogP contribution in [0.25, 0.3) is 0 Å². The molecule has 2 aromatic carbocycles. The SMILES string of the molecule is CCN1CC2C3C(=O)N(Cc4ccccc4)C(=O)C3[C@](CC)(C1=O)N2C(=O)c1ccc(Br)cc1. The lowest BCUT2D eigenvalue weighted by atomic mass is 9.78. The zero-order chi connectivity index (χ0) is 24.2. The van der Waals surface area contributed by atoms with Crippen molar-refractivity contribution < 1.29 is 19.2 Å². The summed E-state index contributed by atoms with van der Waals surface area (Å²) in [5, 5.41) is 0. The minimum Gasteiger partial charge on any atom is -0.339 e. The Morgan fingerprint density at radius 2 is 1.68 bits per heavy atom. The Kier molecular flexibility index (Phi) is 5.59. The monoisotopic (exact) mass is 523 g/mol. The average Bonchev–Trinajstić information content (AvgIpc) is 3.24. The molecule has 7 nitrogen and oxygen atoms in total. The van der Waals surface area contributed by atoms with Crippen molar-refractivity contribution in [3.63, 3.8) is 0 Å². The van der Waals surface area contributed by atoms with Crippen molar-refractivity contribution >= 4 is 39.6 Å². The molecule has 3 heterocycles. The van der Waals surface area contributed by atoms with E-state index in [9.17, 15) is 19.2 Å². The minimum atomic E-state index is -1.37. The number of carbonyl (C=O) groups is 4. The van der Waals surface area contributed by atoms with Crippen molar-refractivity contribution in [1.82, 2.24) is 14.7 Å². The van der Waals surface area contributed by atoms with Gasteiger partial charge in [0, 0.05) is 23.1 Å². The fourth-order valence-electron chi connectivity index (χ4n) is 6.06. The molecule has 4 amide bonds. The largest absolute Gasteiger partial charge is 0.339 e. The third-order valence-corrected chi connectivity index (χ3v) is 8.14. The van der Waals surface area contributed by atoms with Gasteiger partial charge in [-0.25, -0.2) is 0 Å². The van der Waals surface area contributed by atoms with E-state index >= 15 is 0 Å². The van der Waals surface area contributed by atoms with Gasteiger partial charge in [0.1, 0.15) is 5.54 Å². The molecule has 176 valence electrons. The second-order valence-electron chi connectivity index (χ2n) is 9.12. The van der Waals surface area contributed by atoms with Crippen LogP contribution in [-0.2, 0) is 20.9 Å². The normalized spacial score (nSPS) is 28.0. The molecule has 3 unspecified atom stereocenters. The number of benzene rings is 2. The van der Waals surface area contributed by atoms with Crippen LogP contribution in [0.2, 0.25) is 0 Å². The predicted molar refractivity (Wildman–Crippen MR) is 128 cm³/mol. The van der Waals surface area contributed by atoms with Gasteiger partial charge in [-0.2, -0.15) is 0 Å². The van der Waals surface area contributed by atoms with Crippen LogP contribution in [0.5, 0.6) is 0 Å². The maximum atomic E-state index is 13.9. The van der Waals surface area contributed by atoms with Gasteiger partial charge < -0.3 is 9.80 Å². The molecule has 2 bridgehead atoms. The molecule has 3 aliphatic rings. The predicted octanol–water partition coefficient (Wildman–Crippen LogP) is 3.09. The molecule has 0 spiro atoms. The van der Waals surface area contributed by atoms with Crippen molar-refractivity contribution in [3.05, 3.63) is 70.2 Å². The summed E-state index contributed by atoms with van der Waals surface area (Å²) in [5.74, 6) is -2.80. The van der Waals surface area contributed by atoms with Crippen LogP contribution in [0.15, 0.2) is 59.1 Å². The second-order valence-corrected chi connectivity index (χ2v) is 10.0. The molecule has 34 heavy (non-hydrogen) atoms. The van der Waals surface area contributed by atoms with Crippen molar-refractivity contribution in [2.75, 3.05) is 13.1 Å². The Hall–Kier alpha value is -3.00. The zero-order valence-electron chi connectivity index (χ0n) is 19.1. The summed E-state index contributed by atoms with van der Waals surface area (Å²) in [6.07, 6.45) is 0.264. The lowest BCUT2D eigenvalue weighted by Gasteiger charge is -2.49. The Labute approximate surface area is 206 Å². The van der Waals surface area contributed by atoms with Crippen molar-refractivity contribution in [1.29, 1.82) is 0 Å². The number of carbonyl (C=O) groups excluding carboxylic acids is 4. The number of hydrogen-bond donors (Lipinski definition) is 0. The molecule has 0 saturated carbocycles. The summed E-state index contributed by atoms with van der Waals surface area (Å²) in [5.41, 5.74) is -0.0830. The van der Waals surface area contributed by atoms with E-state index in [0.29, 0.717) is 12.1 Å². The van der Waals surface area contributed by atoms with Crippen LogP contribution in [0.3, 0.4) is 0 Å². The van der Waals surface area contributed by atoms with E-state index in [0.717, 1.165) is 10.0 Å². The van der Waals surface area contributed by atoms with E-state index in [1.165, 1.54) is 4.90 Å². The summed E-state index contributed by atoms with van der Waals surface area (Å²) in [7, 11) is 0. The van der Waals surface area contributed by atoms with E-state index in [4.69, 9.17) is 0 Å². The van der Waals surface area contributed by atoms with Gasteiger partial charge in [-0.1, -0.05) is 53.2 Å². The van der Waals surface area contributed by atoms with Gasteiger partial charge in [-0.3, -0.25) is 24.1 Å². The molecule has 3 saturated heterocycles. The van der Waals surface area contributed by atoms with Crippen LogP contribution in [0.4, 0.5) is 0 Å². The molecule has 3 aliphatic heterocycles. The molecule has 0 N–H and O–H groups in total. The Balaban J connectivity index is 1.59. The lowest BCUT2D eigenvalue weighted by Crippen LogP contribution is -2.69. The quantitative estimate of drug-likeness (QED) is 0.564. The van der Waals surface area contributed by atoms with E-state index in [-0.39, 0.29) is 43.1 Å². The summed E-state index contributed by atoms with van der Waals surface area (Å²) >= 11 is 3.39. The highest BCUT2D eigenvalue weighted by Gasteiger charge is 2.74. The molecule has 0 aromatic heterocycles. The van der Waals surface area contributed by atoms with Crippen molar-refractivity contribution in [2.24, 2.45) is 11.8 Å². The first-order chi connectivity index (χ1) is 16.3. The molecular formula is C26H26BrN3O4. The van der Waals surface area contributed by atoms with Crippen LogP contribution in [-0.4, -0.2) is 63.0 Å². The number of imide groups is 1. The van der Waals surface area contributed by atoms with E-state index < -0.39 is 23.4 Å². The topological polar surface area (TPSA) is 78.0 Å². The Morgan fingerprint density at radius 1 is 1.00 bits per heavy atom. The standard InChI is InChI=1S/C26H26BrN3O4/c1-3-26-21-20(23(32)29(24(21)33)14-16-8-6-5-7-9-16)19(15-28(4-2)25(26)34)30(26)22(31)17-10-12-18(27)13-11-17/h5-13,19-21H,3-4,14-15H2,1-2H3/t19?,20?,21?,26-/m1/s1. The third kappa shape index (κ3) is 3.07. The first-order valence-electron chi connectivity index (χ1n) is 11.6. The van der Waals surface area contributed by atoms with Gasteiger partial charge in [-0.15, -0.1) is 0 Å². The van der Waals surface area contributed by atoms with Crippen molar-refractivity contribution in [3.8, 4) is 0 Å². The number of nitrogens with zero attached hydrogens (tertiary/aromatic N) is 3. The van der Waals surface area contributed by atoms with Crippen LogP contribution < -0.4 is 0 Å². The molecule has 0 radical (unpaired) electrons. The van der Waals surface area contributed by atoms with E-state index in [1.807, 2.05) is 44.2 Å². The van der Waals surface area contributed by atoms with E-state index in [1.54, 1.807) is 34.1 Å². The van der Waals surface area contributed by atoms with Gasteiger partial charge >= 0.3 is 0 Å². The number of amides is 4. The second kappa shape index (κ2) is 8.34. The van der Waals surface area contributed by atoms with Crippen LogP contribution >= 0.6 is 15.9 Å². The highest BCUT2D eigenvalue weighted by Crippen LogP contribution is 2.54. The third-order valence-electron chi connectivity index (χ3n) is 7.61. The highest BCUT2D eigenvalue weighted by molar-refractivity contribution is 9.10. The van der Waals surface area contributed by atoms with Gasteiger partial charge in [0.25, 0.3) is 5.91 Å². The zero-order valence-corrected chi connectivity index (χ0v) is 20.7. The number of fused-ring (bicyclic) bond motifs is 5.